The Hall–Kier alpha value is -0.820. The molecule has 1 N–H and O–H groups in total. The van der Waals surface area contributed by atoms with Crippen LogP contribution in [0.3, 0.4) is 0 Å². The second-order valence-electron chi connectivity index (χ2n) is 4.79. The summed E-state index contributed by atoms with van der Waals surface area (Å²) in [5.74, 6) is 0. The van der Waals surface area contributed by atoms with Gasteiger partial charge in [-0.05, 0) is 43.2 Å². The fraction of sp³-hybridized carbons (Fsp3) is 0.625. The van der Waals surface area contributed by atoms with Gasteiger partial charge in [0.2, 0.25) is 0 Å². The zero-order valence-corrected chi connectivity index (χ0v) is 11.2. The lowest BCUT2D eigenvalue weighted by Crippen LogP contribution is -1.95. The molecule has 0 aliphatic heterocycles. The highest BCUT2D eigenvalue weighted by atomic mass is 14.5. The molecule has 1 aromatic rings. The van der Waals surface area contributed by atoms with E-state index in [0.29, 0.717) is 6.54 Å². The number of unbranched alkanes of at least 4 members (excludes halogenated alkanes) is 4. The number of rotatable bonds is 9. The Kier molecular flexibility index (Phi) is 7.74. The van der Waals surface area contributed by atoms with Crippen molar-refractivity contribution in [2.24, 2.45) is 0 Å². The molecule has 0 unspecified atom stereocenters. The average Bonchev–Trinajstić information content (AvgIpc) is 2.36. The van der Waals surface area contributed by atoms with Crippen LogP contribution in [0, 0.1) is 0 Å². The molecule has 0 heterocycles. The topological polar surface area (TPSA) is 23.8 Å². The Morgan fingerprint density at radius 2 is 1.41 bits per heavy atom. The van der Waals surface area contributed by atoms with Crippen LogP contribution in [-0.4, -0.2) is 6.54 Å². The molecule has 17 heavy (non-hydrogen) atoms. The first-order chi connectivity index (χ1) is 8.38. The summed E-state index contributed by atoms with van der Waals surface area (Å²) in [6.07, 6.45) is 9.89. The summed E-state index contributed by atoms with van der Waals surface area (Å²) < 4.78 is 0. The Bertz CT molecular complexity index is 293. The second-order valence-corrected chi connectivity index (χ2v) is 4.79. The number of hydrogen-bond donors (Lipinski definition) is 0. The van der Waals surface area contributed by atoms with E-state index in [2.05, 4.69) is 31.2 Å². The summed E-state index contributed by atoms with van der Waals surface area (Å²) in [5, 5.41) is 0. The van der Waals surface area contributed by atoms with E-state index < -0.39 is 0 Å². The second kappa shape index (κ2) is 9.23. The van der Waals surface area contributed by atoms with Gasteiger partial charge in [-0.25, -0.2) is 0 Å². The third-order valence-corrected chi connectivity index (χ3v) is 3.29. The Balaban J connectivity index is 2.40. The zero-order chi connectivity index (χ0) is 12.3. The van der Waals surface area contributed by atoms with Crippen molar-refractivity contribution in [1.29, 1.82) is 0 Å². The monoisotopic (exact) mass is 232 g/mol. The minimum Gasteiger partial charge on any atom is -0.258 e. The largest absolute Gasteiger partial charge is 0.258 e. The maximum absolute atomic E-state index is 7.14. The highest BCUT2D eigenvalue weighted by Crippen LogP contribution is 2.15. The molecule has 0 aliphatic carbocycles. The van der Waals surface area contributed by atoms with Gasteiger partial charge in [-0.1, -0.05) is 50.5 Å². The molecule has 1 nitrogen and oxygen atoms in total. The quantitative estimate of drug-likeness (QED) is 0.563. The highest BCUT2D eigenvalue weighted by Gasteiger charge is 2.01. The molecule has 0 atom stereocenters. The first-order valence-corrected chi connectivity index (χ1v) is 7.10. The van der Waals surface area contributed by atoms with E-state index in [-0.39, 0.29) is 0 Å². The van der Waals surface area contributed by atoms with E-state index in [1.807, 2.05) is 0 Å². The van der Waals surface area contributed by atoms with Crippen LogP contribution in [-0.2, 0) is 12.8 Å². The molecular weight excluding hydrogens is 206 g/mol. The summed E-state index contributed by atoms with van der Waals surface area (Å²) in [5.41, 5.74) is 10.2. The Morgan fingerprint density at radius 3 is 1.94 bits per heavy atom. The normalized spacial score (nSPS) is 10.7. The van der Waals surface area contributed by atoms with Crippen molar-refractivity contribution in [1.82, 2.24) is 5.73 Å². The molecule has 0 saturated heterocycles. The summed E-state index contributed by atoms with van der Waals surface area (Å²) in [7, 11) is 0. The molecule has 0 aliphatic rings. The number of nitrogens with one attached hydrogen (secondary N) is 1. The maximum atomic E-state index is 7.14. The lowest BCUT2D eigenvalue weighted by Gasteiger charge is -2.09. The molecule has 1 aromatic carbocycles. The lowest BCUT2D eigenvalue weighted by atomic mass is 9.97. The van der Waals surface area contributed by atoms with E-state index in [1.54, 1.807) is 5.56 Å². The van der Waals surface area contributed by atoms with Gasteiger partial charge in [-0.15, -0.1) is 0 Å². The summed E-state index contributed by atoms with van der Waals surface area (Å²) in [6, 6.07) is 8.88. The van der Waals surface area contributed by atoms with E-state index in [4.69, 9.17) is 5.73 Å². The minimum absolute atomic E-state index is 0.581. The van der Waals surface area contributed by atoms with Crippen LogP contribution in [0.1, 0.15) is 56.6 Å². The van der Waals surface area contributed by atoms with Gasteiger partial charge in [-0.2, -0.15) is 0 Å². The van der Waals surface area contributed by atoms with E-state index in [0.717, 1.165) is 6.42 Å². The molecule has 95 valence electrons. The first kappa shape index (κ1) is 14.2. The lowest BCUT2D eigenvalue weighted by molar-refractivity contribution is 0.671. The molecule has 1 radical (unpaired) electrons. The summed E-state index contributed by atoms with van der Waals surface area (Å²) in [4.78, 5) is 0. The van der Waals surface area contributed by atoms with Gasteiger partial charge in [0, 0.05) is 6.54 Å². The molecule has 0 amide bonds. The average molecular weight is 232 g/mol. The molecule has 0 aromatic heterocycles. The third-order valence-electron chi connectivity index (χ3n) is 3.29. The van der Waals surface area contributed by atoms with Crippen molar-refractivity contribution >= 4 is 0 Å². The molecule has 0 fully saturated rings. The third kappa shape index (κ3) is 5.88. The van der Waals surface area contributed by atoms with Crippen LogP contribution in [0.2, 0.25) is 0 Å². The number of benzene rings is 1. The SMILES string of the molecule is CCCCCc1ccccc1CCCCC[NH]. The standard InChI is InChI=1S/C16H26N/c1-2-3-5-10-15-12-7-8-13-16(15)11-6-4-9-14-17/h7-8,12-13,17H,2-6,9-11,14H2,1H3. The number of hydrogen-bond acceptors (Lipinski definition) is 0. The van der Waals surface area contributed by atoms with Crippen LogP contribution < -0.4 is 5.73 Å². The van der Waals surface area contributed by atoms with Gasteiger partial charge in [0.05, 0.1) is 0 Å². The predicted molar refractivity (Wildman–Crippen MR) is 75.2 cm³/mol. The molecule has 0 bridgehead atoms. The van der Waals surface area contributed by atoms with Crippen molar-refractivity contribution in [3.05, 3.63) is 35.4 Å². The molecule has 1 rings (SSSR count). The van der Waals surface area contributed by atoms with E-state index in [1.165, 1.54) is 50.5 Å². The maximum Gasteiger partial charge on any atom is 0.00997 e. The van der Waals surface area contributed by atoms with Crippen molar-refractivity contribution in [2.75, 3.05) is 6.54 Å². The van der Waals surface area contributed by atoms with Gasteiger partial charge < -0.3 is 0 Å². The van der Waals surface area contributed by atoms with Crippen molar-refractivity contribution in [2.45, 2.75) is 58.3 Å². The van der Waals surface area contributed by atoms with E-state index >= 15 is 0 Å². The predicted octanol–water partition coefficient (Wildman–Crippen LogP) is 4.42. The van der Waals surface area contributed by atoms with Crippen molar-refractivity contribution < 1.29 is 0 Å². The first-order valence-electron chi connectivity index (χ1n) is 7.10. The fourth-order valence-electron chi connectivity index (χ4n) is 2.23. The van der Waals surface area contributed by atoms with Crippen LogP contribution in [0.25, 0.3) is 0 Å². The van der Waals surface area contributed by atoms with Gasteiger partial charge >= 0.3 is 0 Å². The van der Waals surface area contributed by atoms with Crippen LogP contribution in [0.15, 0.2) is 24.3 Å². The smallest absolute Gasteiger partial charge is 0.00997 e. The van der Waals surface area contributed by atoms with Crippen LogP contribution in [0.4, 0.5) is 0 Å². The minimum atomic E-state index is 0.581. The Labute approximate surface area is 106 Å². The Morgan fingerprint density at radius 1 is 0.824 bits per heavy atom. The zero-order valence-electron chi connectivity index (χ0n) is 11.2. The van der Waals surface area contributed by atoms with Crippen molar-refractivity contribution in [3.8, 4) is 0 Å². The summed E-state index contributed by atoms with van der Waals surface area (Å²) in [6.45, 7) is 2.84. The van der Waals surface area contributed by atoms with Gasteiger partial charge in [0.1, 0.15) is 0 Å². The molecule has 0 saturated carbocycles. The number of aryl methyl sites for hydroxylation is 2. The molecule has 0 spiro atoms. The van der Waals surface area contributed by atoms with Gasteiger partial charge in [0.25, 0.3) is 0 Å². The van der Waals surface area contributed by atoms with E-state index in [9.17, 15) is 0 Å². The molecular formula is C16H26N. The van der Waals surface area contributed by atoms with Crippen molar-refractivity contribution in [3.63, 3.8) is 0 Å². The van der Waals surface area contributed by atoms with Crippen LogP contribution in [0.5, 0.6) is 0 Å². The highest BCUT2D eigenvalue weighted by molar-refractivity contribution is 5.27. The van der Waals surface area contributed by atoms with Gasteiger partial charge in [0.15, 0.2) is 0 Å². The fourth-order valence-corrected chi connectivity index (χ4v) is 2.23. The van der Waals surface area contributed by atoms with Gasteiger partial charge in [-0.3, -0.25) is 5.73 Å². The summed E-state index contributed by atoms with van der Waals surface area (Å²) >= 11 is 0. The molecule has 1 heteroatoms. The van der Waals surface area contributed by atoms with Crippen LogP contribution >= 0.6 is 0 Å².